The highest BCUT2D eigenvalue weighted by atomic mass is 32.2. The van der Waals surface area contributed by atoms with Crippen LogP contribution in [0.1, 0.15) is 20.3 Å². The van der Waals surface area contributed by atoms with Gasteiger partial charge in [0.05, 0.1) is 0 Å². The molecule has 102 valence electrons. The first-order valence-electron chi connectivity index (χ1n) is 5.59. The Morgan fingerprint density at radius 1 is 1.44 bits per heavy atom. The van der Waals surface area contributed by atoms with Crippen molar-refractivity contribution in [1.82, 2.24) is 9.71 Å². The monoisotopic (exact) mass is 273 g/mol. The second kappa shape index (κ2) is 5.64. The SMILES string of the molecule is CC(C)(CCO)CNS(=O)(=O)c1ccc(N)nc1. The standard InChI is InChI=1S/C11H19N3O3S/c1-11(2,5-6-15)8-14-18(16,17)9-3-4-10(12)13-7-9/h3-4,7,14-15H,5-6,8H2,1-2H3,(H2,12,13). The van der Waals surface area contributed by atoms with E-state index >= 15 is 0 Å². The van der Waals surface area contributed by atoms with Crippen LogP contribution in [0, 0.1) is 5.41 Å². The van der Waals surface area contributed by atoms with Crippen LogP contribution in [0.15, 0.2) is 23.2 Å². The number of pyridine rings is 1. The third kappa shape index (κ3) is 4.25. The Bertz CT molecular complexity index is 483. The summed E-state index contributed by atoms with van der Waals surface area (Å²) in [6.07, 6.45) is 1.74. The van der Waals surface area contributed by atoms with Gasteiger partial charge in [0.2, 0.25) is 10.0 Å². The molecule has 0 spiro atoms. The molecule has 0 aliphatic rings. The number of nitrogens with two attached hydrogens (primary N) is 1. The lowest BCUT2D eigenvalue weighted by atomic mass is 9.90. The first-order chi connectivity index (χ1) is 8.27. The molecule has 0 aliphatic carbocycles. The van der Waals surface area contributed by atoms with E-state index in [2.05, 4.69) is 9.71 Å². The number of anilines is 1. The minimum atomic E-state index is -3.58. The quantitative estimate of drug-likeness (QED) is 0.693. The molecule has 0 aliphatic heterocycles. The van der Waals surface area contributed by atoms with Gasteiger partial charge in [0.1, 0.15) is 10.7 Å². The maximum Gasteiger partial charge on any atom is 0.242 e. The van der Waals surface area contributed by atoms with Crippen LogP contribution in [-0.2, 0) is 10.0 Å². The summed E-state index contributed by atoms with van der Waals surface area (Å²) >= 11 is 0. The molecule has 0 atom stereocenters. The van der Waals surface area contributed by atoms with Crippen molar-refractivity contribution in [2.75, 3.05) is 18.9 Å². The number of hydrogen-bond acceptors (Lipinski definition) is 5. The van der Waals surface area contributed by atoms with Gasteiger partial charge >= 0.3 is 0 Å². The molecule has 0 saturated heterocycles. The number of nitrogens with one attached hydrogen (secondary N) is 1. The van der Waals surface area contributed by atoms with Crippen molar-refractivity contribution >= 4 is 15.8 Å². The topological polar surface area (TPSA) is 105 Å². The third-order valence-electron chi connectivity index (χ3n) is 2.60. The van der Waals surface area contributed by atoms with Crippen molar-refractivity contribution in [1.29, 1.82) is 0 Å². The fraction of sp³-hybridized carbons (Fsp3) is 0.545. The van der Waals surface area contributed by atoms with Gasteiger partial charge < -0.3 is 10.8 Å². The lowest BCUT2D eigenvalue weighted by molar-refractivity contribution is 0.213. The fourth-order valence-corrected chi connectivity index (χ4v) is 2.50. The minimum Gasteiger partial charge on any atom is -0.396 e. The molecule has 18 heavy (non-hydrogen) atoms. The van der Waals surface area contributed by atoms with E-state index in [4.69, 9.17) is 10.8 Å². The molecule has 0 saturated carbocycles. The molecule has 7 heteroatoms. The molecule has 0 unspecified atom stereocenters. The highest BCUT2D eigenvalue weighted by Crippen LogP contribution is 2.19. The van der Waals surface area contributed by atoms with E-state index in [9.17, 15) is 8.42 Å². The molecule has 6 nitrogen and oxygen atoms in total. The van der Waals surface area contributed by atoms with E-state index in [-0.39, 0.29) is 29.3 Å². The van der Waals surface area contributed by atoms with Crippen LogP contribution in [0.3, 0.4) is 0 Å². The normalized spacial score (nSPS) is 12.6. The van der Waals surface area contributed by atoms with Crippen molar-refractivity contribution in [3.8, 4) is 0 Å². The van der Waals surface area contributed by atoms with E-state index in [1.807, 2.05) is 13.8 Å². The van der Waals surface area contributed by atoms with Crippen molar-refractivity contribution in [3.63, 3.8) is 0 Å². The summed E-state index contributed by atoms with van der Waals surface area (Å²) in [5.41, 5.74) is 5.10. The van der Waals surface area contributed by atoms with Crippen molar-refractivity contribution in [2.45, 2.75) is 25.2 Å². The van der Waals surface area contributed by atoms with Crippen LogP contribution >= 0.6 is 0 Å². The van der Waals surface area contributed by atoms with Gasteiger partial charge in [-0.25, -0.2) is 18.1 Å². The zero-order valence-corrected chi connectivity index (χ0v) is 11.4. The summed E-state index contributed by atoms with van der Waals surface area (Å²) in [5, 5.41) is 8.88. The van der Waals surface area contributed by atoms with Crippen LogP contribution in [0.2, 0.25) is 0 Å². The number of sulfonamides is 1. The van der Waals surface area contributed by atoms with Crippen LogP contribution in [0.5, 0.6) is 0 Å². The summed E-state index contributed by atoms with van der Waals surface area (Å²) < 4.78 is 26.4. The van der Waals surface area contributed by atoms with Gasteiger partial charge in [-0.15, -0.1) is 0 Å². The fourth-order valence-electron chi connectivity index (χ4n) is 1.32. The summed E-state index contributed by atoms with van der Waals surface area (Å²) in [4.78, 5) is 3.82. The first kappa shape index (κ1) is 14.9. The number of rotatable bonds is 6. The third-order valence-corrected chi connectivity index (χ3v) is 3.99. The molecule has 0 fully saturated rings. The molecule has 0 bridgehead atoms. The Balaban J connectivity index is 2.74. The van der Waals surface area contributed by atoms with Crippen LogP contribution < -0.4 is 10.5 Å². The number of nitrogen functional groups attached to an aromatic ring is 1. The molecular weight excluding hydrogens is 254 g/mol. The van der Waals surface area contributed by atoms with Gasteiger partial charge in [-0.2, -0.15) is 0 Å². The number of aliphatic hydroxyl groups excluding tert-OH is 1. The smallest absolute Gasteiger partial charge is 0.242 e. The number of aromatic nitrogens is 1. The summed E-state index contributed by atoms with van der Waals surface area (Å²) in [7, 11) is -3.58. The number of aliphatic hydroxyl groups is 1. The van der Waals surface area contributed by atoms with Gasteiger partial charge in [-0.1, -0.05) is 13.8 Å². The Hall–Kier alpha value is -1.18. The average Bonchev–Trinajstić information content (AvgIpc) is 2.27. The second-order valence-corrected chi connectivity index (χ2v) is 6.65. The van der Waals surface area contributed by atoms with Crippen LogP contribution in [0.25, 0.3) is 0 Å². The van der Waals surface area contributed by atoms with Gasteiger partial charge in [-0.3, -0.25) is 0 Å². The highest BCUT2D eigenvalue weighted by Gasteiger charge is 2.22. The van der Waals surface area contributed by atoms with Crippen LogP contribution in [0.4, 0.5) is 5.82 Å². The van der Waals surface area contributed by atoms with Crippen LogP contribution in [-0.4, -0.2) is 31.7 Å². The Kier molecular flexibility index (Phi) is 4.66. The van der Waals surface area contributed by atoms with E-state index in [1.165, 1.54) is 18.3 Å². The molecule has 0 aromatic carbocycles. The van der Waals surface area contributed by atoms with Gasteiger partial charge in [0.15, 0.2) is 0 Å². The first-order valence-corrected chi connectivity index (χ1v) is 7.07. The number of hydrogen-bond donors (Lipinski definition) is 3. The summed E-state index contributed by atoms with van der Waals surface area (Å²) in [6.45, 7) is 4.04. The highest BCUT2D eigenvalue weighted by molar-refractivity contribution is 7.89. The molecule has 0 amide bonds. The minimum absolute atomic E-state index is 0.0259. The van der Waals surface area contributed by atoms with Crippen molar-refractivity contribution < 1.29 is 13.5 Å². The molecule has 4 N–H and O–H groups in total. The van der Waals surface area contributed by atoms with Gasteiger partial charge in [-0.05, 0) is 24.0 Å². The summed E-state index contributed by atoms with van der Waals surface area (Å²) in [6, 6.07) is 2.84. The average molecular weight is 273 g/mol. The lowest BCUT2D eigenvalue weighted by Gasteiger charge is -2.23. The predicted molar refractivity (Wildman–Crippen MR) is 69.3 cm³/mol. The van der Waals surface area contributed by atoms with Gasteiger partial charge in [0, 0.05) is 19.3 Å². The molecule has 0 radical (unpaired) electrons. The summed E-state index contributed by atoms with van der Waals surface area (Å²) in [5.74, 6) is 0.273. The molecule has 1 rings (SSSR count). The molecule has 1 aromatic rings. The molecule has 1 heterocycles. The molecule has 1 aromatic heterocycles. The van der Waals surface area contributed by atoms with Crippen molar-refractivity contribution in [3.05, 3.63) is 18.3 Å². The van der Waals surface area contributed by atoms with E-state index in [0.717, 1.165) is 0 Å². The predicted octanol–water partition coefficient (Wildman–Crippen LogP) is 0.351. The van der Waals surface area contributed by atoms with E-state index in [1.54, 1.807) is 0 Å². The zero-order chi connectivity index (χ0) is 13.8. The van der Waals surface area contributed by atoms with E-state index in [0.29, 0.717) is 6.42 Å². The largest absolute Gasteiger partial charge is 0.396 e. The maximum atomic E-state index is 11.9. The Morgan fingerprint density at radius 2 is 2.11 bits per heavy atom. The van der Waals surface area contributed by atoms with Crippen molar-refractivity contribution in [2.24, 2.45) is 5.41 Å². The number of nitrogens with zero attached hydrogens (tertiary/aromatic N) is 1. The zero-order valence-electron chi connectivity index (χ0n) is 10.5. The lowest BCUT2D eigenvalue weighted by Crippen LogP contribution is -2.34. The van der Waals surface area contributed by atoms with Gasteiger partial charge in [0.25, 0.3) is 0 Å². The Morgan fingerprint density at radius 3 is 2.61 bits per heavy atom. The molecular formula is C11H19N3O3S. The van der Waals surface area contributed by atoms with E-state index < -0.39 is 10.0 Å². The Labute approximate surface area is 107 Å². The maximum absolute atomic E-state index is 11.9. The second-order valence-electron chi connectivity index (χ2n) is 4.88.